The number of H-pyrrole nitrogens is 1. The zero-order valence-corrected chi connectivity index (χ0v) is 15.2. The molecule has 0 radical (unpaired) electrons. The molecule has 3 heterocycles. The average Bonchev–Trinajstić information content (AvgIpc) is 3.39. The lowest BCUT2D eigenvalue weighted by atomic mass is 10.2. The Morgan fingerprint density at radius 1 is 1.31 bits per heavy atom. The van der Waals surface area contributed by atoms with Crippen LogP contribution in [0.15, 0.2) is 18.2 Å². The SMILES string of the molecule is COc1ccc(OC)c2[nH]c(C(=O)Nc3nnc([C@H]4CCCO4)s3)cc12. The van der Waals surface area contributed by atoms with E-state index in [1.165, 1.54) is 11.3 Å². The van der Waals surface area contributed by atoms with Gasteiger partial charge in [-0.2, -0.15) is 0 Å². The molecule has 4 rings (SSSR count). The molecule has 1 saturated heterocycles. The molecule has 0 bridgehead atoms. The molecule has 9 heteroatoms. The number of carbonyl (C=O) groups is 1. The van der Waals surface area contributed by atoms with Crippen molar-refractivity contribution in [1.29, 1.82) is 0 Å². The summed E-state index contributed by atoms with van der Waals surface area (Å²) in [7, 11) is 3.16. The quantitative estimate of drug-likeness (QED) is 0.712. The second-order valence-electron chi connectivity index (χ2n) is 5.84. The molecule has 1 aliphatic heterocycles. The normalized spacial score (nSPS) is 16.8. The Morgan fingerprint density at radius 2 is 2.12 bits per heavy atom. The van der Waals surface area contributed by atoms with Crippen LogP contribution in [0.25, 0.3) is 10.9 Å². The Kier molecular flexibility index (Phi) is 4.48. The summed E-state index contributed by atoms with van der Waals surface area (Å²) in [6, 6.07) is 5.32. The van der Waals surface area contributed by atoms with Gasteiger partial charge in [-0.15, -0.1) is 10.2 Å². The lowest BCUT2D eigenvalue weighted by Crippen LogP contribution is -2.11. The number of anilines is 1. The number of ether oxygens (including phenoxy) is 3. The highest BCUT2D eigenvalue weighted by Gasteiger charge is 2.23. The minimum Gasteiger partial charge on any atom is -0.496 e. The van der Waals surface area contributed by atoms with Crippen molar-refractivity contribution in [1.82, 2.24) is 15.2 Å². The zero-order chi connectivity index (χ0) is 18.1. The summed E-state index contributed by atoms with van der Waals surface area (Å²) >= 11 is 1.33. The maximum atomic E-state index is 12.6. The van der Waals surface area contributed by atoms with Crippen molar-refractivity contribution in [2.24, 2.45) is 0 Å². The highest BCUT2D eigenvalue weighted by molar-refractivity contribution is 7.15. The molecular weight excluding hydrogens is 356 g/mol. The van der Waals surface area contributed by atoms with Crippen LogP contribution < -0.4 is 14.8 Å². The van der Waals surface area contributed by atoms with Crippen molar-refractivity contribution >= 4 is 33.3 Å². The molecule has 0 spiro atoms. The monoisotopic (exact) mass is 374 g/mol. The van der Waals surface area contributed by atoms with E-state index in [2.05, 4.69) is 20.5 Å². The number of hydrogen-bond donors (Lipinski definition) is 2. The van der Waals surface area contributed by atoms with Crippen LogP contribution in [-0.2, 0) is 4.74 Å². The average molecular weight is 374 g/mol. The summed E-state index contributed by atoms with van der Waals surface area (Å²) in [5, 5.41) is 12.9. The first kappa shape index (κ1) is 16.8. The van der Waals surface area contributed by atoms with Crippen LogP contribution in [0.3, 0.4) is 0 Å². The van der Waals surface area contributed by atoms with Crippen LogP contribution in [0.1, 0.15) is 34.4 Å². The van der Waals surface area contributed by atoms with E-state index in [-0.39, 0.29) is 12.0 Å². The van der Waals surface area contributed by atoms with Crippen LogP contribution in [0.5, 0.6) is 11.5 Å². The van der Waals surface area contributed by atoms with Crippen LogP contribution in [0.4, 0.5) is 5.13 Å². The third-order valence-electron chi connectivity index (χ3n) is 4.27. The predicted molar refractivity (Wildman–Crippen MR) is 97.2 cm³/mol. The lowest BCUT2D eigenvalue weighted by Gasteiger charge is -2.05. The Hall–Kier alpha value is -2.65. The largest absolute Gasteiger partial charge is 0.496 e. The van der Waals surface area contributed by atoms with Gasteiger partial charge >= 0.3 is 0 Å². The highest BCUT2D eigenvalue weighted by Crippen LogP contribution is 2.34. The topological polar surface area (TPSA) is 98.4 Å². The molecule has 2 N–H and O–H groups in total. The van der Waals surface area contributed by atoms with Gasteiger partial charge in [-0.3, -0.25) is 10.1 Å². The third-order valence-corrected chi connectivity index (χ3v) is 5.20. The summed E-state index contributed by atoms with van der Waals surface area (Å²) in [6.45, 7) is 0.741. The van der Waals surface area contributed by atoms with Crippen molar-refractivity contribution < 1.29 is 19.0 Å². The third kappa shape index (κ3) is 2.99. The summed E-state index contributed by atoms with van der Waals surface area (Å²) in [5.41, 5.74) is 1.09. The number of carbonyl (C=O) groups excluding carboxylic acids is 1. The second-order valence-corrected chi connectivity index (χ2v) is 6.85. The minimum atomic E-state index is -0.305. The zero-order valence-electron chi connectivity index (χ0n) is 14.4. The van der Waals surface area contributed by atoms with Crippen LogP contribution >= 0.6 is 11.3 Å². The van der Waals surface area contributed by atoms with E-state index >= 15 is 0 Å². The second kappa shape index (κ2) is 6.93. The number of aromatic nitrogens is 3. The van der Waals surface area contributed by atoms with Gasteiger partial charge < -0.3 is 19.2 Å². The van der Waals surface area contributed by atoms with E-state index in [4.69, 9.17) is 14.2 Å². The van der Waals surface area contributed by atoms with Gasteiger partial charge in [-0.25, -0.2) is 0 Å². The fourth-order valence-electron chi connectivity index (χ4n) is 2.99. The molecule has 0 unspecified atom stereocenters. The minimum absolute atomic E-state index is 0.0141. The number of methoxy groups -OCH3 is 2. The molecule has 1 atom stereocenters. The predicted octanol–water partition coefficient (Wildman–Crippen LogP) is 3.14. The molecule has 1 aliphatic rings. The summed E-state index contributed by atoms with van der Waals surface area (Å²) in [4.78, 5) is 15.7. The fraction of sp³-hybridized carbons (Fsp3) is 0.353. The van der Waals surface area contributed by atoms with Gasteiger partial charge in [0.25, 0.3) is 5.91 Å². The first-order valence-electron chi connectivity index (χ1n) is 8.19. The Bertz CT molecular complexity index is 905. The van der Waals surface area contributed by atoms with Crippen molar-refractivity contribution in [2.45, 2.75) is 18.9 Å². The number of hydrogen-bond acceptors (Lipinski definition) is 7. The molecule has 0 aliphatic carbocycles. The van der Waals surface area contributed by atoms with Crippen molar-refractivity contribution in [3.8, 4) is 11.5 Å². The highest BCUT2D eigenvalue weighted by atomic mass is 32.1. The van der Waals surface area contributed by atoms with Gasteiger partial charge in [0.2, 0.25) is 5.13 Å². The number of aromatic amines is 1. The summed E-state index contributed by atoms with van der Waals surface area (Å²) < 4.78 is 16.3. The summed E-state index contributed by atoms with van der Waals surface area (Å²) in [6.07, 6.45) is 1.94. The molecule has 1 fully saturated rings. The van der Waals surface area contributed by atoms with Gasteiger partial charge in [0.15, 0.2) is 0 Å². The lowest BCUT2D eigenvalue weighted by molar-refractivity contribution is 0.102. The van der Waals surface area contributed by atoms with Crippen molar-refractivity contribution in [3.63, 3.8) is 0 Å². The van der Waals surface area contributed by atoms with Gasteiger partial charge in [0.05, 0.1) is 19.7 Å². The van der Waals surface area contributed by atoms with Crippen LogP contribution in [-0.4, -0.2) is 41.9 Å². The first-order valence-corrected chi connectivity index (χ1v) is 9.01. The Labute approximate surface area is 153 Å². The number of amides is 1. The van der Waals surface area contributed by atoms with E-state index in [1.54, 1.807) is 32.4 Å². The molecule has 1 amide bonds. The number of nitrogens with zero attached hydrogens (tertiary/aromatic N) is 2. The van der Waals surface area contributed by atoms with Gasteiger partial charge in [-0.05, 0) is 31.0 Å². The van der Waals surface area contributed by atoms with Crippen molar-refractivity contribution in [2.75, 3.05) is 26.1 Å². The van der Waals surface area contributed by atoms with Crippen LogP contribution in [0, 0.1) is 0 Å². The molecule has 3 aromatic rings. The first-order chi connectivity index (χ1) is 12.7. The molecule has 0 saturated carbocycles. The molecule has 1 aromatic carbocycles. The summed E-state index contributed by atoms with van der Waals surface area (Å²) in [5.74, 6) is 0.990. The van der Waals surface area contributed by atoms with Crippen molar-refractivity contribution in [3.05, 3.63) is 28.9 Å². The maximum absolute atomic E-state index is 12.6. The van der Waals surface area contributed by atoms with Gasteiger partial charge in [0.1, 0.15) is 28.3 Å². The van der Waals surface area contributed by atoms with E-state index < -0.39 is 0 Å². The number of fused-ring (bicyclic) bond motifs is 1. The van der Waals surface area contributed by atoms with E-state index in [0.717, 1.165) is 29.8 Å². The molecule has 136 valence electrons. The Morgan fingerprint density at radius 3 is 2.85 bits per heavy atom. The molecular formula is C17H18N4O4S. The number of benzene rings is 1. The molecule has 2 aromatic heterocycles. The maximum Gasteiger partial charge on any atom is 0.273 e. The van der Waals surface area contributed by atoms with E-state index in [0.29, 0.717) is 27.8 Å². The smallest absolute Gasteiger partial charge is 0.273 e. The Balaban J connectivity index is 1.58. The number of rotatable bonds is 5. The number of nitrogens with one attached hydrogen (secondary N) is 2. The standard InChI is InChI=1S/C17H18N4O4S/c1-23-11-5-6-12(24-2)14-9(11)8-10(18-14)15(22)19-17-21-20-16(26-17)13-4-3-7-25-13/h5-6,8,13,18H,3-4,7H2,1-2H3,(H,19,21,22)/t13-/m1/s1. The van der Waals surface area contributed by atoms with Crippen LogP contribution in [0.2, 0.25) is 0 Å². The molecule has 26 heavy (non-hydrogen) atoms. The van der Waals surface area contributed by atoms with Gasteiger partial charge in [-0.1, -0.05) is 11.3 Å². The van der Waals surface area contributed by atoms with Gasteiger partial charge in [0, 0.05) is 12.0 Å². The van der Waals surface area contributed by atoms with E-state index in [9.17, 15) is 4.79 Å². The molecule has 8 nitrogen and oxygen atoms in total. The fourth-order valence-corrected chi connectivity index (χ4v) is 3.81. The van der Waals surface area contributed by atoms with E-state index in [1.807, 2.05) is 0 Å².